The third-order valence-corrected chi connectivity index (χ3v) is 3.70. The third-order valence-electron chi connectivity index (χ3n) is 3.70. The minimum Gasteiger partial charge on any atom is -0.478 e. The maximum absolute atomic E-state index is 10.8. The van der Waals surface area contributed by atoms with Crippen molar-refractivity contribution in [3.05, 3.63) is 59.2 Å². The summed E-state index contributed by atoms with van der Waals surface area (Å²) in [7, 11) is 0. The average Bonchev–Trinajstić information content (AvgIpc) is 2.54. The van der Waals surface area contributed by atoms with Gasteiger partial charge in [-0.05, 0) is 43.1 Å². The second-order valence-electron chi connectivity index (χ2n) is 6.90. The Morgan fingerprint density at radius 3 is 2.50 bits per heavy atom. The Labute approximate surface area is 143 Å². The van der Waals surface area contributed by atoms with Crippen molar-refractivity contribution in [2.75, 3.05) is 6.54 Å². The normalized spacial score (nSPS) is 11.5. The lowest BCUT2D eigenvalue weighted by molar-refractivity contribution is 0.0697. The predicted molar refractivity (Wildman–Crippen MR) is 94.2 cm³/mol. The number of aryl methyl sites for hydroxylation is 1. The van der Waals surface area contributed by atoms with E-state index in [4.69, 9.17) is 5.11 Å². The largest absolute Gasteiger partial charge is 0.478 e. The van der Waals surface area contributed by atoms with Crippen LogP contribution in [0.25, 0.3) is 0 Å². The van der Waals surface area contributed by atoms with E-state index in [-0.39, 0.29) is 5.41 Å². The number of benzene rings is 1. The molecule has 1 aromatic carbocycles. The highest BCUT2D eigenvalue weighted by molar-refractivity contribution is 5.87. The third kappa shape index (κ3) is 5.42. The number of rotatable bonds is 7. The lowest BCUT2D eigenvalue weighted by atomic mass is 9.95. The second kappa shape index (κ2) is 8.02. The lowest BCUT2D eigenvalue weighted by Gasteiger charge is -2.16. The minimum atomic E-state index is -0.894. The molecule has 0 bridgehead atoms. The van der Waals surface area contributed by atoms with Gasteiger partial charge < -0.3 is 10.4 Å². The summed E-state index contributed by atoms with van der Waals surface area (Å²) in [5, 5.41) is 12.2. The molecule has 1 heterocycles. The zero-order chi connectivity index (χ0) is 17.6. The summed E-state index contributed by atoms with van der Waals surface area (Å²) in [4.78, 5) is 19.8. The van der Waals surface area contributed by atoms with Crippen molar-refractivity contribution >= 4 is 5.97 Å². The smallest absolute Gasteiger partial charge is 0.335 e. The molecule has 0 amide bonds. The van der Waals surface area contributed by atoms with Gasteiger partial charge in [-0.1, -0.05) is 32.9 Å². The molecule has 128 valence electrons. The molecule has 0 saturated carbocycles. The Morgan fingerprint density at radius 2 is 1.88 bits per heavy atom. The van der Waals surface area contributed by atoms with Crippen molar-refractivity contribution < 1.29 is 9.90 Å². The Bertz CT molecular complexity index is 676. The second-order valence-corrected chi connectivity index (χ2v) is 6.90. The van der Waals surface area contributed by atoms with Crippen LogP contribution in [0.15, 0.2) is 36.5 Å². The first-order chi connectivity index (χ1) is 11.4. The van der Waals surface area contributed by atoms with Gasteiger partial charge in [0.2, 0.25) is 0 Å². The molecule has 2 N–H and O–H groups in total. The number of aromatic nitrogens is 2. The molecule has 0 fully saturated rings. The van der Waals surface area contributed by atoms with Gasteiger partial charge in [0, 0.05) is 23.9 Å². The first-order valence-electron chi connectivity index (χ1n) is 8.21. The van der Waals surface area contributed by atoms with E-state index in [1.54, 1.807) is 12.1 Å². The molecule has 0 aliphatic heterocycles. The molecule has 0 saturated heterocycles. The van der Waals surface area contributed by atoms with Crippen LogP contribution in [0.5, 0.6) is 0 Å². The van der Waals surface area contributed by atoms with Gasteiger partial charge in [0.25, 0.3) is 0 Å². The number of hydrogen-bond donors (Lipinski definition) is 2. The molecule has 0 unspecified atom stereocenters. The van der Waals surface area contributed by atoms with E-state index in [1.807, 2.05) is 24.4 Å². The van der Waals surface area contributed by atoms with E-state index in [0.29, 0.717) is 5.56 Å². The zero-order valence-electron chi connectivity index (χ0n) is 14.5. The quantitative estimate of drug-likeness (QED) is 0.764. The molecular formula is C19H25N3O2. The van der Waals surface area contributed by atoms with Gasteiger partial charge in [0.15, 0.2) is 0 Å². The highest BCUT2D eigenvalue weighted by Crippen LogP contribution is 2.17. The van der Waals surface area contributed by atoms with E-state index >= 15 is 0 Å². The maximum Gasteiger partial charge on any atom is 0.335 e. The highest BCUT2D eigenvalue weighted by Gasteiger charge is 2.17. The molecule has 24 heavy (non-hydrogen) atoms. The molecule has 0 aliphatic rings. The average molecular weight is 327 g/mol. The Kier molecular flexibility index (Phi) is 6.04. The molecule has 1 aromatic heterocycles. The molecule has 2 aromatic rings. The van der Waals surface area contributed by atoms with E-state index in [0.717, 1.165) is 43.0 Å². The molecule has 5 heteroatoms. The number of hydrogen-bond acceptors (Lipinski definition) is 4. The van der Waals surface area contributed by atoms with Crippen molar-refractivity contribution in [1.29, 1.82) is 0 Å². The van der Waals surface area contributed by atoms with E-state index in [9.17, 15) is 4.79 Å². The van der Waals surface area contributed by atoms with Gasteiger partial charge in [-0.3, -0.25) is 0 Å². The standard InChI is InChI=1S/C19H25N3O2/c1-19(2,3)18-21-12-10-16(22-18)5-4-11-20-13-14-6-8-15(9-7-14)17(23)24/h6-10,12,20H,4-5,11,13H2,1-3H3,(H,23,24). The summed E-state index contributed by atoms with van der Waals surface area (Å²) < 4.78 is 0. The monoisotopic (exact) mass is 327 g/mol. The molecular weight excluding hydrogens is 302 g/mol. The van der Waals surface area contributed by atoms with Crippen LogP contribution in [-0.4, -0.2) is 27.6 Å². The van der Waals surface area contributed by atoms with Gasteiger partial charge in [-0.25, -0.2) is 14.8 Å². The first kappa shape index (κ1) is 18.1. The van der Waals surface area contributed by atoms with Crippen LogP contribution in [0.4, 0.5) is 0 Å². The van der Waals surface area contributed by atoms with Crippen molar-refractivity contribution in [1.82, 2.24) is 15.3 Å². The molecule has 2 rings (SSSR count). The highest BCUT2D eigenvalue weighted by atomic mass is 16.4. The summed E-state index contributed by atoms with van der Waals surface area (Å²) in [5.74, 6) is -0.0135. The van der Waals surface area contributed by atoms with Crippen LogP contribution >= 0.6 is 0 Å². The van der Waals surface area contributed by atoms with Crippen LogP contribution in [0.1, 0.15) is 54.6 Å². The topological polar surface area (TPSA) is 75.1 Å². The van der Waals surface area contributed by atoms with Gasteiger partial charge in [0.05, 0.1) is 5.56 Å². The Hall–Kier alpha value is -2.27. The maximum atomic E-state index is 10.8. The van der Waals surface area contributed by atoms with E-state index < -0.39 is 5.97 Å². The number of carbonyl (C=O) groups is 1. The summed E-state index contributed by atoms with van der Waals surface area (Å²) in [6.45, 7) is 7.96. The Balaban J connectivity index is 1.74. The van der Waals surface area contributed by atoms with E-state index in [2.05, 4.69) is 36.1 Å². The van der Waals surface area contributed by atoms with Crippen LogP contribution in [-0.2, 0) is 18.4 Å². The van der Waals surface area contributed by atoms with Gasteiger partial charge in [-0.15, -0.1) is 0 Å². The van der Waals surface area contributed by atoms with Crippen LogP contribution in [0.2, 0.25) is 0 Å². The van der Waals surface area contributed by atoms with E-state index in [1.165, 1.54) is 0 Å². The fourth-order valence-corrected chi connectivity index (χ4v) is 2.29. The van der Waals surface area contributed by atoms with Gasteiger partial charge in [0.1, 0.15) is 5.82 Å². The van der Waals surface area contributed by atoms with Crippen molar-refractivity contribution in [2.24, 2.45) is 0 Å². The molecule has 0 radical (unpaired) electrons. The van der Waals surface area contributed by atoms with Crippen LogP contribution in [0, 0.1) is 0 Å². The molecule has 0 atom stereocenters. The summed E-state index contributed by atoms with van der Waals surface area (Å²) in [6.07, 6.45) is 3.74. The zero-order valence-corrected chi connectivity index (χ0v) is 14.5. The van der Waals surface area contributed by atoms with Crippen LogP contribution < -0.4 is 5.32 Å². The van der Waals surface area contributed by atoms with Crippen LogP contribution in [0.3, 0.4) is 0 Å². The van der Waals surface area contributed by atoms with Gasteiger partial charge in [-0.2, -0.15) is 0 Å². The number of nitrogens with zero attached hydrogens (tertiary/aromatic N) is 2. The Morgan fingerprint density at radius 1 is 1.17 bits per heavy atom. The number of aromatic carboxylic acids is 1. The summed E-state index contributed by atoms with van der Waals surface area (Å²) >= 11 is 0. The molecule has 5 nitrogen and oxygen atoms in total. The lowest BCUT2D eigenvalue weighted by Crippen LogP contribution is -2.18. The summed E-state index contributed by atoms with van der Waals surface area (Å²) in [6, 6.07) is 8.93. The SMILES string of the molecule is CC(C)(C)c1nccc(CCCNCc2ccc(C(=O)O)cc2)n1. The fraction of sp³-hybridized carbons (Fsp3) is 0.421. The number of carboxylic acids is 1. The van der Waals surface area contributed by atoms with Crippen molar-refractivity contribution in [3.63, 3.8) is 0 Å². The molecule has 0 aliphatic carbocycles. The molecule has 0 spiro atoms. The predicted octanol–water partition coefficient (Wildman–Crippen LogP) is 3.19. The van der Waals surface area contributed by atoms with Crippen molar-refractivity contribution in [2.45, 2.75) is 45.6 Å². The first-order valence-corrected chi connectivity index (χ1v) is 8.21. The fourth-order valence-electron chi connectivity index (χ4n) is 2.29. The number of nitrogens with one attached hydrogen (secondary N) is 1. The summed E-state index contributed by atoms with van der Waals surface area (Å²) in [5.41, 5.74) is 2.44. The van der Waals surface area contributed by atoms with Crippen molar-refractivity contribution in [3.8, 4) is 0 Å². The number of carboxylic acid groups (broad SMARTS) is 1. The minimum absolute atomic E-state index is 0.0314. The van der Waals surface area contributed by atoms with Gasteiger partial charge >= 0.3 is 5.97 Å².